The number of hydrogen-bond acceptors (Lipinski definition) is 2. The van der Waals surface area contributed by atoms with Crippen LogP contribution in [-0.2, 0) is 13.0 Å². The number of halogens is 2. The van der Waals surface area contributed by atoms with Crippen molar-refractivity contribution in [3.8, 4) is 0 Å². The first-order valence-electron chi connectivity index (χ1n) is 8.28. The van der Waals surface area contributed by atoms with Crippen molar-refractivity contribution in [1.29, 1.82) is 0 Å². The van der Waals surface area contributed by atoms with Crippen molar-refractivity contribution < 1.29 is 0 Å². The summed E-state index contributed by atoms with van der Waals surface area (Å²) >= 11 is 5.91. The van der Waals surface area contributed by atoms with Gasteiger partial charge in [0, 0.05) is 36.7 Å². The number of hydrogen-bond donors (Lipinski definition) is 2. The molecule has 1 heterocycles. The molecule has 0 saturated carbocycles. The first-order valence-corrected chi connectivity index (χ1v) is 8.65. The summed E-state index contributed by atoms with van der Waals surface area (Å²) in [6, 6.07) is 18.1. The molecule has 1 aromatic heterocycles. The zero-order valence-electron chi connectivity index (χ0n) is 14.6. The Kier molecular flexibility index (Phi) is 8.12. The molecule has 0 unspecified atom stereocenters. The van der Waals surface area contributed by atoms with E-state index in [2.05, 4.69) is 26.7 Å². The lowest BCUT2D eigenvalue weighted by Crippen LogP contribution is -2.37. The van der Waals surface area contributed by atoms with Gasteiger partial charge in [-0.1, -0.05) is 41.9 Å². The summed E-state index contributed by atoms with van der Waals surface area (Å²) in [5.41, 5.74) is 3.45. The molecule has 0 aliphatic carbocycles. The predicted molar refractivity (Wildman–Crippen MR) is 121 cm³/mol. The van der Waals surface area contributed by atoms with E-state index in [-0.39, 0.29) is 24.0 Å². The SMILES string of the molecule is CN=C(NCCc1ccc(Cl)cc1)NCc1ccnc2ccccc12.I. The standard InChI is InChI=1S/C20H21ClN4.HI/c1-22-20(24-12-10-15-6-8-17(21)9-7-15)25-14-16-11-13-23-19-5-3-2-4-18(16)19;/h2-9,11,13H,10,12,14H2,1H3,(H2,22,24,25);1H. The van der Waals surface area contributed by atoms with Gasteiger partial charge in [-0.25, -0.2) is 0 Å². The predicted octanol–water partition coefficient (Wildman–Crippen LogP) is 4.41. The molecule has 3 rings (SSSR count). The zero-order chi connectivity index (χ0) is 17.5. The summed E-state index contributed by atoms with van der Waals surface area (Å²) in [7, 11) is 1.78. The number of benzene rings is 2. The van der Waals surface area contributed by atoms with Crippen molar-refractivity contribution in [1.82, 2.24) is 15.6 Å². The highest BCUT2D eigenvalue weighted by Gasteiger charge is 2.03. The molecule has 0 aliphatic rings. The van der Waals surface area contributed by atoms with Crippen molar-refractivity contribution in [2.75, 3.05) is 13.6 Å². The fourth-order valence-corrected chi connectivity index (χ4v) is 2.81. The third-order valence-corrected chi connectivity index (χ3v) is 4.28. The van der Waals surface area contributed by atoms with Crippen LogP contribution in [0.5, 0.6) is 0 Å². The monoisotopic (exact) mass is 480 g/mol. The molecule has 0 fully saturated rings. The Balaban J connectivity index is 0.00000243. The van der Waals surface area contributed by atoms with Gasteiger partial charge >= 0.3 is 0 Å². The minimum absolute atomic E-state index is 0. The van der Waals surface area contributed by atoms with Gasteiger partial charge < -0.3 is 10.6 Å². The van der Waals surface area contributed by atoms with Crippen molar-refractivity contribution in [2.45, 2.75) is 13.0 Å². The maximum absolute atomic E-state index is 5.91. The second-order valence-electron chi connectivity index (χ2n) is 5.72. The minimum atomic E-state index is 0. The highest BCUT2D eigenvalue weighted by molar-refractivity contribution is 14.0. The maximum Gasteiger partial charge on any atom is 0.191 e. The molecule has 4 nitrogen and oxygen atoms in total. The van der Waals surface area contributed by atoms with E-state index in [1.54, 1.807) is 7.05 Å². The Morgan fingerprint density at radius 1 is 1.04 bits per heavy atom. The number of nitrogens with zero attached hydrogens (tertiary/aromatic N) is 2. The summed E-state index contributed by atoms with van der Waals surface area (Å²) in [4.78, 5) is 8.68. The van der Waals surface area contributed by atoms with Crippen molar-refractivity contribution >= 4 is 52.4 Å². The van der Waals surface area contributed by atoms with Gasteiger partial charge in [-0.3, -0.25) is 9.98 Å². The fourth-order valence-electron chi connectivity index (χ4n) is 2.69. The number of aliphatic imine (C=N–C) groups is 1. The molecule has 2 aromatic carbocycles. The van der Waals surface area contributed by atoms with Crippen molar-refractivity contribution in [3.63, 3.8) is 0 Å². The topological polar surface area (TPSA) is 49.3 Å². The number of guanidine groups is 1. The average Bonchev–Trinajstić information content (AvgIpc) is 2.66. The van der Waals surface area contributed by atoms with Crippen LogP contribution in [0.15, 0.2) is 65.8 Å². The van der Waals surface area contributed by atoms with Crippen LogP contribution in [0.3, 0.4) is 0 Å². The highest BCUT2D eigenvalue weighted by atomic mass is 127. The Labute approximate surface area is 176 Å². The van der Waals surface area contributed by atoms with E-state index in [9.17, 15) is 0 Å². The van der Waals surface area contributed by atoms with Gasteiger partial charge in [-0.15, -0.1) is 24.0 Å². The van der Waals surface area contributed by atoms with Crippen LogP contribution < -0.4 is 10.6 Å². The first-order chi connectivity index (χ1) is 12.3. The molecule has 0 radical (unpaired) electrons. The maximum atomic E-state index is 5.91. The van der Waals surface area contributed by atoms with Crippen molar-refractivity contribution in [3.05, 3.63) is 76.9 Å². The number of para-hydroxylation sites is 1. The van der Waals surface area contributed by atoms with Crippen molar-refractivity contribution in [2.24, 2.45) is 4.99 Å². The summed E-state index contributed by atoms with van der Waals surface area (Å²) in [5, 5.41) is 8.63. The van der Waals surface area contributed by atoms with Gasteiger partial charge in [-0.2, -0.15) is 0 Å². The molecular formula is C20H22ClIN4. The third kappa shape index (κ3) is 5.57. The smallest absolute Gasteiger partial charge is 0.191 e. The van der Waals surface area contributed by atoms with E-state index in [0.29, 0.717) is 6.54 Å². The van der Waals surface area contributed by atoms with Gasteiger partial charge in [0.05, 0.1) is 5.52 Å². The number of nitrogens with one attached hydrogen (secondary N) is 2. The molecule has 2 N–H and O–H groups in total. The number of fused-ring (bicyclic) bond motifs is 1. The van der Waals surface area contributed by atoms with E-state index in [4.69, 9.17) is 11.6 Å². The van der Waals surface area contributed by atoms with Crippen LogP contribution in [0.25, 0.3) is 10.9 Å². The van der Waals surface area contributed by atoms with Crippen LogP contribution in [0, 0.1) is 0 Å². The Bertz CT molecular complexity index is 860. The molecule has 136 valence electrons. The molecule has 0 saturated heterocycles. The number of pyridine rings is 1. The van der Waals surface area contributed by atoms with Gasteiger partial charge in [-0.05, 0) is 41.8 Å². The third-order valence-electron chi connectivity index (χ3n) is 4.03. The van der Waals surface area contributed by atoms with Gasteiger partial charge in [0.2, 0.25) is 0 Å². The summed E-state index contributed by atoms with van der Waals surface area (Å²) in [5.74, 6) is 0.787. The second-order valence-corrected chi connectivity index (χ2v) is 6.15. The Morgan fingerprint density at radius 2 is 1.81 bits per heavy atom. The molecule has 0 atom stereocenters. The lowest BCUT2D eigenvalue weighted by atomic mass is 10.1. The van der Waals surface area contributed by atoms with Gasteiger partial charge in [0.25, 0.3) is 0 Å². The molecule has 6 heteroatoms. The summed E-state index contributed by atoms with van der Waals surface area (Å²) in [6.45, 7) is 1.50. The van der Waals surface area contributed by atoms with Crippen LogP contribution >= 0.6 is 35.6 Å². The molecule has 0 bridgehead atoms. The van der Waals surface area contributed by atoms with Crippen LogP contribution in [0.4, 0.5) is 0 Å². The Morgan fingerprint density at radius 3 is 2.58 bits per heavy atom. The zero-order valence-corrected chi connectivity index (χ0v) is 17.7. The largest absolute Gasteiger partial charge is 0.356 e. The summed E-state index contributed by atoms with van der Waals surface area (Å²) in [6.07, 6.45) is 2.76. The van der Waals surface area contributed by atoms with E-state index >= 15 is 0 Å². The minimum Gasteiger partial charge on any atom is -0.356 e. The average molecular weight is 481 g/mol. The van der Waals surface area contributed by atoms with E-state index in [1.165, 1.54) is 11.1 Å². The van der Waals surface area contributed by atoms with Crippen LogP contribution in [0.2, 0.25) is 5.02 Å². The number of rotatable bonds is 5. The van der Waals surface area contributed by atoms with Crippen LogP contribution in [-0.4, -0.2) is 24.5 Å². The second kappa shape index (κ2) is 10.3. The lowest BCUT2D eigenvalue weighted by molar-refractivity contribution is 0.796. The normalized spacial score (nSPS) is 11.1. The molecule has 26 heavy (non-hydrogen) atoms. The van der Waals surface area contributed by atoms with E-state index in [1.807, 2.05) is 54.7 Å². The quantitative estimate of drug-likeness (QED) is 0.323. The van der Waals surface area contributed by atoms with Crippen LogP contribution in [0.1, 0.15) is 11.1 Å². The number of aromatic nitrogens is 1. The highest BCUT2D eigenvalue weighted by Crippen LogP contribution is 2.15. The van der Waals surface area contributed by atoms with E-state index in [0.717, 1.165) is 34.9 Å². The van der Waals surface area contributed by atoms with Gasteiger partial charge in [0.1, 0.15) is 0 Å². The van der Waals surface area contributed by atoms with Gasteiger partial charge in [0.15, 0.2) is 5.96 Å². The lowest BCUT2D eigenvalue weighted by Gasteiger charge is -2.13. The Hall–Kier alpha value is -1.86. The molecule has 0 amide bonds. The molecule has 0 aliphatic heterocycles. The van der Waals surface area contributed by atoms with E-state index < -0.39 is 0 Å². The molecule has 0 spiro atoms. The summed E-state index contributed by atoms with van der Waals surface area (Å²) < 4.78 is 0. The first kappa shape index (κ1) is 20.5. The fraction of sp³-hybridized carbons (Fsp3) is 0.200. The molecule has 3 aromatic rings. The molecular weight excluding hydrogens is 459 g/mol.